The van der Waals surface area contributed by atoms with E-state index in [1.165, 1.54) is 6.33 Å². The van der Waals surface area contributed by atoms with Crippen LogP contribution in [0.5, 0.6) is 11.5 Å². The van der Waals surface area contributed by atoms with Crippen LogP contribution in [0.1, 0.15) is 29.8 Å². The van der Waals surface area contributed by atoms with E-state index in [2.05, 4.69) is 20.6 Å². The van der Waals surface area contributed by atoms with Gasteiger partial charge in [0.25, 0.3) is 0 Å². The number of anilines is 3. The molecule has 0 aliphatic rings. The molecule has 2 aromatic carbocycles. The largest absolute Gasteiger partial charge is 0.493 e. The Hall–Kier alpha value is -4.41. The first-order valence-corrected chi connectivity index (χ1v) is 11.3. The van der Waals surface area contributed by atoms with Gasteiger partial charge in [0, 0.05) is 12.2 Å². The van der Waals surface area contributed by atoms with Crippen LogP contribution >= 0.6 is 0 Å². The summed E-state index contributed by atoms with van der Waals surface area (Å²) in [7, 11) is 3.12. The molecule has 0 saturated heterocycles. The first kappa shape index (κ1) is 26.2. The number of ether oxygens (including phenoxy) is 3. The van der Waals surface area contributed by atoms with Gasteiger partial charge >= 0.3 is 11.7 Å². The molecule has 11 heteroatoms. The summed E-state index contributed by atoms with van der Waals surface area (Å²) in [5.74, 6) is 1.15. The highest BCUT2D eigenvalue weighted by Gasteiger charge is 2.23. The third-order valence-corrected chi connectivity index (χ3v) is 5.09. The Balaban J connectivity index is 1.70. The van der Waals surface area contributed by atoms with Crippen LogP contribution in [0, 0.1) is 16.0 Å². The van der Waals surface area contributed by atoms with Gasteiger partial charge in [-0.25, -0.2) is 14.8 Å². The summed E-state index contributed by atoms with van der Waals surface area (Å²) in [5.41, 5.74) is 1.58. The highest BCUT2D eigenvalue weighted by molar-refractivity contribution is 5.90. The second-order valence-corrected chi connectivity index (χ2v) is 8.24. The maximum atomic E-state index is 12.1. The third-order valence-electron chi connectivity index (χ3n) is 5.09. The summed E-state index contributed by atoms with van der Waals surface area (Å²) >= 11 is 0. The Morgan fingerprint density at radius 2 is 1.72 bits per heavy atom. The van der Waals surface area contributed by atoms with E-state index >= 15 is 0 Å². The van der Waals surface area contributed by atoms with Crippen molar-refractivity contribution in [2.24, 2.45) is 5.92 Å². The van der Waals surface area contributed by atoms with E-state index < -0.39 is 10.9 Å². The fraction of sp³-hybridized carbons (Fsp3) is 0.320. The Morgan fingerprint density at radius 3 is 2.36 bits per heavy atom. The first-order valence-electron chi connectivity index (χ1n) is 11.3. The number of carbonyl (C=O) groups excluding carboxylic acids is 1. The molecule has 0 unspecified atom stereocenters. The van der Waals surface area contributed by atoms with E-state index in [1.54, 1.807) is 44.6 Å². The van der Waals surface area contributed by atoms with E-state index in [0.717, 1.165) is 5.56 Å². The van der Waals surface area contributed by atoms with Crippen molar-refractivity contribution >= 4 is 29.0 Å². The molecule has 11 nitrogen and oxygen atoms in total. The molecular formula is C25H29N5O6. The Kier molecular flexibility index (Phi) is 8.98. The molecule has 0 amide bonds. The van der Waals surface area contributed by atoms with Gasteiger partial charge in [-0.15, -0.1) is 0 Å². The maximum Gasteiger partial charge on any atom is 0.353 e. The van der Waals surface area contributed by atoms with Crippen LogP contribution in [-0.2, 0) is 11.2 Å². The molecule has 2 N–H and O–H groups in total. The molecule has 0 bridgehead atoms. The minimum absolute atomic E-state index is 0.0266. The van der Waals surface area contributed by atoms with Crippen LogP contribution in [0.3, 0.4) is 0 Å². The van der Waals surface area contributed by atoms with Gasteiger partial charge in [-0.3, -0.25) is 10.1 Å². The molecule has 1 aromatic heterocycles. The van der Waals surface area contributed by atoms with Crippen molar-refractivity contribution in [2.75, 3.05) is 38.0 Å². The normalized spacial score (nSPS) is 10.6. The lowest BCUT2D eigenvalue weighted by Crippen LogP contribution is -2.11. The Labute approximate surface area is 209 Å². The summed E-state index contributed by atoms with van der Waals surface area (Å²) in [6, 6.07) is 12.0. The number of rotatable bonds is 12. The van der Waals surface area contributed by atoms with Gasteiger partial charge in [0.2, 0.25) is 11.6 Å². The molecule has 36 heavy (non-hydrogen) atoms. The molecule has 0 radical (unpaired) electrons. The molecule has 0 aliphatic carbocycles. The molecule has 0 aliphatic heterocycles. The lowest BCUT2D eigenvalue weighted by Gasteiger charge is -2.12. The summed E-state index contributed by atoms with van der Waals surface area (Å²) in [4.78, 5) is 31.5. The second-order valence-electron chi connectivity index (χ2n) is 8.24. The van der Waals surface area contributed by atoms with Crippen molar-refractivity contribution in [1.29, 1.82) is 0 Å². The number of nitrogens with zero attached hydrogens (tertiary/aromatic N) is 3. The Bertz CT molecular complexity index is 1200. The topological polar surface area (TPSA) is 138 Å². The predicted molar refractivity (Wildman–Crippen MR) is 135 cm³/mol. The molecule has 1 heterocycles. The molecule has 3 aromatic rings. The monoisotopic (exact) mass is 495 g/mol. The van der Waals surface area contributed by atoms with E-state index in [4.69, 9.17) is 14.2 Å². The van der Waals surface area contributed by atoms with Crippen molar-refractivity contribution < 1.29 is 23.9 Å². The zero-order valence-corrected chi connectivity index (χ0v) is 20.6. The average molecular weight is 496 g/mol. The van der Waals surface area contributed by atoms with Crippen LogP contribution < -0.4 is 20.1 Å². The van der Waals surface area contributed by atoms with Crippen LogP contribution in [0.25, 0.3) is 0 Å². The number of carbonyl (C=O) groups is 1. The lowest BCUT2D eigenvalue weighted by molar-refractivity contribution is -0.383. The number of aromatic nitrogens is 2. The highest BCUT2D eigenvalue weighted by atomic mass is 16.6. The highest BCUT2D eigenvalue weighted by Crippen LogP contribution is 2.32. The van der Waals surface area contributed by atoms with Gasteiger partial charge in [-0.1, -0.05) is 19.9 Å². The van der Waals surface area contributed by atoms with E-state index in [9.17, 15) is 14.9 Å². The van der Waals surface area contributed by atoms with Crippen molar-refractivity contribution in [2.45, 2.75) is 20.3 Å². The SMILES string of the molecule is COc1ccc(CCNc2ncnc(Nc3ccc(C(=O)OCC(C)C)cc3)c2[N+](=O)[O-])cc1OC. The van der Waals surface area contributed by atoms with E-state index in [1.807, 2.05) is 26.0 Å². The number of hydrogen-bond donors (Lipinski definition) is 2. The molecule has 0 saturated carbocycles. The fourth-order valence-corrected chi connectivity index (χ4v) is 3.29. The van der Waals surface area contributed by atoms with Crippen molar-refractivity contribution in [3.8, 4) is 11.5 Å². The molecule has 3 rings (SSSR count). The second kappa shape index (κ2) is 12.3. The van der Waals surface area contributed by atoms with Crippen LogP contribution in [-0.4, -0.2) is 48.2 Å². The molecule has 0 fully saturated rings. The van der Waals surface area contributed by atoms with Gasteiger partial charge in [0.05, 0.1) is 31.3 Å². The number of methoxy groups -OCH3 is 2. The number of hydrogen-bond acceptors (Lipinski definition) is 10. The number of benzene rings is 2. The molecular weight excluding hydrogens is 466 g/mol. The van der Waals surface area contributed by atoms with Crippen LogP contribution in [0.15, 0.2) is 48.8 Å². The summed E-state index contributed by atoms with van der Waals surface area (Å²) in [5, 5.41) is 17.8. The minimum atomic E-state index is -0.543. The summed E-state index contributed by atoms with van der Waals surface area (Å²) in [6.07, 6.45) is 1.81. The maximum absolute atomic E-state index is 12.1. The van der Waals surface area contributed by atoms with Gasteiger partial charge in [-0.2, -0.15) is 0 Å². The van der Waals surface area contributed by atoms with E-state index in [0.29, 0.717) is 42.3 Å². The lowest BCUT2D eigenvalue weighted by atomic mass is 10.1. The van der Waals surface area contributed by atoms with Gasteiger partial charge in [0.15, 0.2) is 11.5 Å². The van der Waals surface area contributed by atoms with E-state index in [-0.39, 0.29) is 23.2 Å². The average Bonchev–Trinajstić information content (AvgIpc) is 2.87. The van der Waals surface area contributed by atoms with Crippen LogP contribution in [0.4, 0.5) is 23.0 Å². The summed E-state index contributed by atoms with van der Waals surface area (Å²) < 4.78 is 15.8. The minimum Gasteiger partial charge on any atom is -0.493 e. The number of nitrogens with one attached hydrogen (secondary N) is 2. The standard InChI is InChI=1S/C25H29N5O6/c1-16(2)14-36-25(31)18-6-8-19(9-7-18)29-24-22(30(32)33)23(27-15-28-24)26-12-11-17-5-10-20(34-3)21(13-17)35-4/h5-10,13,15-16H,11-12,14H2,1-4H3,(H2,26,27,28,29). The molecule has 0 spiro atoms. The van der Waals surface area contributed by atoms with Crippen molar-refractivity contribution in [3.05, 3.63) is 70.0 Å². The van der Waals surface area contributed by atoms with Crippen molar-refractivity contribution in [1.82, 2.24) is 9.97 Å². The summed E-state index contributed by atoms with van der Waals surface area (Å²) in [6.45, 7) is 4.62. The third kappa shape index (κ3) is 6.81. The van der Waals surface area contributed by atoms with Crippen molar-refractivity contribution in [3.63, 3.8) is 0 Å². The predicted octanol–water partition coefficient (Wildman–Crippen LogP) is 4.61. The number of nitro groups is 1. The van der Waals surface area contributed by atoms with Crippen LogP contribution in [0.2, 0.25) is 0 Å². The smallest absolute Gasteiger partial charge is 0.353 e. The first-order chi connectivity index (χ1) is 17.3. The zero-order chi connectivity index (χ0) is 26.1. The van der Waals surface area contributed by atoms with Gasteiger partial charge in [0.1, 0.15) is 6.33 Å². The Morgan fingerprint density at radius 1 is 1.03 bits per heavy atom. The quantitative estimate of drug-likeness (QED) is 0.208. The zero-order valence-electron chi connectivity index (χ0n) is 20.6. The number of esters is 1. The fourth-order valence-electron chi connectivity index (χ4n) is 3.29. The van der Waals surface area contributed by atoms with Gasteiger partial charge in [-0.05, 0) is 54.3 Å². The molecule has 190 valence electrons. The molecule has 0 atom stereocenters. The van der Waals surface area contributed by atoms with Gasteiger partial charge < -0.3 is 24.8 Å².